The van der Waals surface area contributed by atoms with Crippen molar-refractivity contribution in [3.05, 3.63) is 53.2 Å². The summed E-state index contributed by atoms with van der Waals surface area (Å²) in [6.07, 6.45) is 7.33. The molecule has 2 aromatic heterocycles. The van der Waals surface area contributed by atoms with Crippen molar-refractivity contribution in [2.75, 3.05) is 13.1 Å². The summed E-state index contributed by atoms with van der Waals surface area (Å²) in [5.41, 5.74) is 5.39. The van der Waals surface area contributed by atoms with E-state index in [-0.39, 0.29) is 0 Å². The fraction of sp³-hybridized carbons (Fsp3) is 0.480. The first-order valence-corrected chi connectivity index (χ1v) is 11.6. The van der Waals surface area contributed by atoms with E-state index < -0.39 is 0 Å². The van der Waals surface area contributed by atoms with E-state index in [0.717, 1.165) is 48.8 Å². The summed E-state index contributed by atoms with van der Waals surface area (Å²) in [5.74, 6) is 2.14. The predicted octanol–water partition coefficient (Wildman–Crippen LogP) is 5.33. The molecule has 2 aliphatic rings. The fourth-order valence-corrected chi connectivity index (χ4v) is 5.04. The van der Waals surface area contributed by atoms with Crippen LogP contribution in [0.5, 0.6) is 11.6 Å². The van der Waals surface area contributed by atoms with Gasteiger partial charge in [-0.25, -0.2) is 9.67 Å². The molecule has 6 heteroatoms. The summed E-state index contributed by atoms with van der Waals surface area (Å²) in [6, 6.07) is 12.9. The van der Waals surface area contributed by atoms with Gasteiger partial charge in [-0.05, 0) is 87.9 Å². The monoisotopic (exact) mass is 417 g/mol. The number of aromatic nitrogens is 4. The van der Waals surface area contributed by atoms with Crippen molar-refractivity contribution in [2.24, 2.45) is 0 Å². The molecule has 0 bridgehead atoms. The van der Waals surface area contributed by atoms with Gasteiger partial charge in [0, 0.05) is 6.07 Å². The number of benzene rings is 1. The van der Waals surface area contributed by atoms with E-state index in [4.69, 9.17) is 9.72 Å². The molecular formula is C25H31N5O. The molecule has 3 aromatic rings. The Labute approximate surface area is 184 Å². The highest BCUT2D eigenvalue weighted by Crippen LogP contribution is 2.37. The number of ether oxygens (including phenoxy) is 1. The van der Waals surface area contributed by atoms with Crippen molar-refractivity contribution in [1.82, 2.24) is 25.3 Å². The molecule has 0 amide bonds. The Hall–Kier alpha value is -2.73. The Morgan fingerprint density at radius 3 is 2.61 bits per heavy atom. The van der Waals surface area contributed by atoms with Gasteiger partial charge in [0.05, 0.1) is 17.4 Å². The maximum Gasteiger partial charge on any atom is 0.219 e. The van der Waals surface area contributed by atoms with Crippen LogP contribution in [0.1, 0.15) is 67.3 Å². The Morgan fingerprint density at radius 2 is 1.81 bits per heavy atom. The normalized spacial score (nSPS) is 17.9. The molecule has 1 saturated carbocycles. The first-order valence-electron chi connectivity index (χ1n) is 11.6. The molecule has 5 rings (SSSR count). The minimum absolute atomic E-state index is 0.356. The van der Waals surface area contributed by atoms with Crippen LogP contribution in [0.4, 0.5) is 0 Å². The summed E-state index contributed by atoms with van der Waals surface area (Å²) in [7, 11) is 0. The number of hydrogen-bond acceptors (Lipinski definition) is 5. The molecule has 1 N–H and O–H groups in total. The number of piperidine rings is 1. The highest BCUT2D eigenvalue weighted by Gasteiger charge is 2.23. The van der Waals surface area contributed by atoms with E-state index in [0.29, 0.717) is 17.8 Å². The fourth-order valence-electron chi connectivity index (χ4n) is 5.04. The van der Waals surface area contributed by atoms with Crippen LogP contribution in [-0.4, -0.2) is 33.1 Å². The molecule has 0 atom stereocenters. The average molecular weight is 418 g/mol. The van der Waals surface area contributed by atoms with Gasteiger partial charge in [-0.15, -0.1) is 5.10 Å². The number of rotatable bonds is 5. The zero-order valence-corrected chi connectivity index (χ0v) is 18.5. The summed E-state index contributed by atoms with van der Waals surface area (Å²) in [6.45, 7) is 6.16. The molecule has 1 aromatic carbocycles. The first-order chi connectivity index (χ1) is 15.2. The molecule has 0 spiro atoms. The molecule has 162 valence electrons. The smallest absolute Gasteiger partial charge is 0.219 e. The Morgan fingerprint density at radius 1 is 1.00 bits per heavy atom. The second-order valence-corrected chi connectivity index (χ2v) is 8.97. The minimum Gasteiger partial charge on any atom is -0.439 e. The molecule has 1 saturated heterocycles. The van der Waals surface area contributed by atoms with Crippen molar-refractivity contribution in [1.29, 1.82) is 0 Å². The van der Waals surface area contributed by atoms with Gasteiger partial charge >= 0.3 is 0 Å². The van der Waals surface area contributed by atoms with Crippen LogP contribution in [0.2, 0.25) is 0 Å². The maximum absolute atomic E-state index is 6.25. The molecular weight excluding hydrogens is 386 g/mol. The van der Waals surface area contributed by atoms with Gasteiger partial charge in [0.15, 0.2) is 0 Å². The highest BCUT2D eigenvalue weighted by molar-refractivity contribution is 5.58. The summed E-state index contributed by atoms with van der Waals surface area (Å²) in [5, 5.41) is 12.2. The summed E-state index contributed by atoms with van der Waals surface area (Å²) < 4.78 is 8.31. The van der Waals surface area contributed by atoms with E-state index in [1.54, 1.807) is 0 Å². The minimum atomic E-state index is 0.356. The second kappa shape index (κ2) is 8.79. The molecule has 1 aliphatic heterocycles. The van der Waals surface area contributed by atoms with Crippen molar-refractivity contribution in [3.63, 3.8) is 0 Å². The van der Waals surface area contributed by atoms with E-state index in [9.17, 15) is 0 Å². The van der Waals surface area contributed by atoms with Gasteiger partial charge in [0.25, 0.3) is 0 Å². The van der Waals surface area contributed by atoms with Gasteiger partial charge < -0.3 is 10.1 Å². The highest BCUT2D eigenvalue weighted by atomic mass is 16.5. The van der Waals surface area contributed by atoms with Crippen molar-refractivity contribution in [3.8, 4) is 23.0 Å². The molecule has 1 aliphatic carbocycles. The van der Waals surface area contributed by atoms with Gasteiger partial charge in [0.2, 0.25) is 5.88 Å². The third-order valence-electron chi connectivity index (χ3n) is 6.61. The maximum atomic E-state index is 6.25. The Kier molecular flexibility index (Phi) is 5.72. The van der Waals surface area contributed by atoms with Gasteiger partial charge in [-0.1, -0.05) is 30.2 Å². The molecule has 31 heavy (non-hydrogen) atoms. The quantitative estimate of drug-likeness (QED) is 0.608. The van der Waals surface area contributed by atoms with Crippen LogP contribution in [0.25, 0.3) is 11.4 Å². The lowest BCUT2D eigenvalue weighted by atomic mass is 9.96. The average Bonchev–Trinajstić information content (AvgIpc) is 3.44. The third-order valence-corrected chi connectivity index (χ3v) is 6.61. The standard InChI is InChI=1S/C25H31N5O/c1-17-14-20(19-6-3-4-7-19)16-22(15-17)31-24-9-5-8-23(27-24)25-18(2)28-29-30(25)21-10-12-26-13-11-21/h5,8-9,14-16,19,21,26H,3-4,6-7,10-13H2,1-2H3. The molecule has 0 unspecified atom stereocenters. The lowest BCUT2D eigenvalue weighted by Crippen LogP contribution is -2.30. The van der Waals surface area contributed by atoms with Crippen LogP contribution in [0.3, 0.4) is 0 Å². The largest absolute Gasteiger partial charge is 0.439 e. The van der Waals surface area contributed by atoms with Crippen LogP contribution in [-0.2, 0) is 0 Å². The molecule has 2 fully saturated rings. The van der Waals surface area contributed by atoms with E-state index in [1.807, 2.05) is 25.1 Å². The number of pyridine rings is 1. The number of aryl methyl sites for hydroxylation is 2. The Bertz CT molecular complexity index is 1050. The molecule has 0 radical (unpaired) electrons. The topological polar surface area (TPSA) is 64.9 Å². The van der Waals surface area contributed by atoms with Crippen molar-refractivity contribution >= 4 is 0 Å². The van der Waals surface area contributed by atoms with Crippen molar-refractivity contribution < 1.29 is 4.74 Å². The number of nitrogens with zero attached hydrogens (tertiary/aromatic N) is 4. The zero-order chi connectivity index (χ0) is 21.2. The molecule has 6 nitrogen and oxygen atoms in total. The Balaban J connectivity index is 1.42. The summed E-state index contributed by atoms with van der Waals surface area (Å²) >= 11 is 0. The summed E-state index contributed by atoms with van der Waals surface area (Å²) in [4.78, 5) is 4.85. The molecule has 3 heterocycles. The van der Waals surface area contributed by atoms with E-state index in [2.05, 4.69) is 45.4 Å². The number of hydrogen-bond donors (Lipinski definition) is 1. The third kappa shape index (κ3) is 4.35. The second-order valence-electron chi connectivity index (χ2n) is 8.97. The van der Waals surface area contributed by atoms with Gasteiger partial charge in [-0.2, -0.15) is 0 Å². The predicted molar refractivity (Wildman–Crippen MR) is 122 cm³/mol. The van der Waals surface area contributed by atoms with Gasteiger partial charge in [-0.3, -0.25) is 0 Å². The van der Waals surface area contributed by atoms with Crippen LogP contribution in [0.15, 0.2) is 36.4 Å². The lowest BCUT2D eigenvalue weighted by molar-refractivity contribution is 0.340. The lowest BCUT2D eigenvalue weighted by Gasteiger charge is -2.24. The number of nitrogens with one attached hydrogen (secondary N) is 1. The van der Waals surface area contributed by atoms with Crippen molar-refractivity contribution in [2.45, 2.75) is 64.3 Å². The van der Waals surface area contributed by atoms with Crippen LogP contribution in [0, 0.1) is 13.8 Å². The first kappa shape index (κ1) is 20.2. The SMILES string of the molecule is Cc1cc(Oc2cccc(-c3c(C)nnn3C3CCNCC3)n2)cc(C2CCCC2)c1. The van der Waals surface area contributed by atoms with E-state index in [1.165, 1.54) is 36.8 Å². The zero-order valence-electron chi connectivity index (χ0n) is 18.5. The van der Waals surface area contributed by atoms with E-state index >= 15 is 0 Å². The van der Waals surface area contributed by atoms with Gasteiger partial charge in [0.1, 0.15) is 11.4 Å². The van der Waals surface area contributed by atoms with Crippen LogP contribution >= 0.6 is 0 Å². The van der Waals surface area contributed by atoms with Crippen LogP contribution < -0.4 is 10.1 Å².